The second kappa shape index (κ2) is 5.47. The molecule has 3 heteroatoms. The molecule has 0 saturated heterocycles. The summed E-state index contributed by atoms with van der Waals surface area (Å²) in [6.07, 6.45) is 1.47. The van der Waals surface area contributed by atoms with Gasteiger partial charge in [-0.15, -0.1) is 6.58 Å². The van der Waals surface area contributed by atoms with Crippen molar-refractivity contribution >= 4 is 21.7 Å². The molecule has 0 rings (SSSR count). The average Bonchev–Trinajstić information content (AvgIpc) is 2.02. The lowest BCUT2D eigenvalue weighted by atomic mass is 9.86. The van der Waals surface area contributed by atoms with Gasteiger partial charge in [0.05, 0.1) is 6.10 Å². The summed E-state index contributed by atoms with van der Waals surface area (Å²) in [5.74, 6) is 0.0167. The van der Waals surface area contributed by atoms with Crippen LogP contribution in [0, 0.1) is 5.41 Å². The standard InChI is InChI=1S/C11H17BrO2/c1-5-11(3,4)7-9(13)6-10(14)8(2)12/h5,10,14H,1-2,6-7H2,3-4H3. The summed E-state index contributed by atoms with van der Waals surface area (Å²) >= 11 is 3.05. The Labute approximate surface area is 93.8 Å². The zero-order valence-electron chi connectivity index (χ0n) is 8.72. The van der Waals surface area contributed by atoms with Gasteiger partial charge < -0.3 is 5.11 Å². The third-order valence-corrected chi connectivity index (χ3v) is 2.52. The maximum absolute atomic E-state index is 11.5. The van der Waals surface area contributed by atoms with Gasteiger partial charge in [0.1, 0.15) is 5.78 Å². The maximum atomic E-state index is 11.5. The molecule has 0 aromatic heterocycles. The van der Waals surface area contributed by atoms with Crippen LogP contribution in [0.15, 0.2) is 23.7 Å². The quantitative estimate of drug-likeness (QED) is 0.746. The number of allylic oxidation sites excluding steroid dienone is 1. The van der Waals surface area contributed by atoms with E-state index in [0.717, 1.165) is 0 Å². The number of hydrogen-bond donors (Lipinski definition) is 1. The van der Waals surface area contributed by atoms with E-state index >= 15 is 0 Å². The fourth-order valence-corrected chi connectivity index (χ4v) is 1.14. The number of Topliss-reactive ketones (excluding diaryl/α,β-unsaturated/α-hetero) is 1. The number of rotatable bonds is 6. The molecule has 0 fully saturated rings. The van der Waals surface area contributed by atoms with Crippen molar-refractivity contribution < 1.29 is 9.90 Å². The largest absolute Gasteiger partial charge is 0.387 e. The Morgan fingerprint density at radius 2 is 2.14 bits per heavy atom. The lowest BCUT2D eigenvalue weighted by molar-refractivity contribution is -0.121. The first-order valence-corrected chi connectivity index (χ1v) is 5.25. The normalized spacial score (nSPS) is 13.4. The molecule has 0 heterocycles. The summed E-state index contributed by atoms with van der Waals surface area (Å²) in [7, 11) is 0. The van der Waals surface area contributed by atoms with Crippen molar-refractivity contribution in [1.82, 2.24) is 0 Å². The van der Waals surface area contributed by atoms with Crippen LogP contribution in [0.3, 0.4) is 0 Å². The molecular formula is C11H17BrO2. The number of carbonyl (C=O) groups excluding carboxylic acids is 1. The van der Waals surface area contributed by atoms with Gasteiger partial charge in [-0.1, -0.05) is 42.4 Å². The highest BCUT2D eigenvalue weighted by atomic mass is 79.9. The molecular weight excluding hydrogens is 244 g/mol. The van der Waals surface area contributed by atoms with Gasteiger partial charge in [0, 0.05) is 17.3 Å². The molecule has 80 valence electrons. The summed E-state index contributed by atoms with van der Waals surface area (Å²) in [6, 6.07) is 0. The van der Waals surface area contributed by atoms with Gasteiger partial charge >= 0.3 is 0 Å². The SMILES string of the molecule is C=CC(C)(C)CC(=O)CC(O)C(=C)Br. The van der Waals surface area contributed by atoms with Gasteiger partial charge in [0.25, 0.3) is 0 Å². The molecule has 0 aromatic rings. The Kier molecular flexibility index (Phi) is 5.31. The van der Waals surface area contributed by atoms with Gasteiger partial charge in [-0.3, -0.25) is 4.79 Å². The van der Waals surface area contributed by atoms with E-state index in [1.54, 1.807) is 6.08 Å². The summed E-state index contributed by atoms with van der Waals surface area (Å²) < 4.78 is 0.447. The molecule has 0 radical (unpaired) electrons. The van der Waals surface area contributed by atoms with Crippen LogP contribution >= 0.6 is 15.9 Å². The van der Waals surface area contributed by atoms with Crippen molar-refractivity contribution in [2.75, 3.05) is 0 Å². The first-order chi connectivity index (χ1) is 6.28. The van der Waals surface area contributed by atoms with Gasteiger partial charge in [0.2, 0.25) is 0 Å². The van der Waals surface area contributed by atoms with Crippen molar-refractivity contribution in [3.8, 4) is 0 Å². The minimum Gasteiger partial charge on any atom is -0.387 e. The van der Waals surface area contributed by atoms with Gasteiger partial charge in [0.15, 0.2) is 0 Å². The van der Waals surface area contributed by atoms with Crippen LogP contribution in [0.2, 0.25) is 0 Å². The smallest absolute Gasteiger partial charge is 0.136 e. The number of carbonyl (C=O) groups is 1. The van der Waals surface area contributed by atoms with E-state index < -0.39 is 6.10 Å². The van der Waals surface area contributed by atoms with E-state index in [1.165, 1.54) is 0 Å². The van der Waals surface area contributed by atoms with E-state index in [1.807, 2.05) is 13.8 Å². The van der Waals surface area contributed by atoms with Crippen molar-refractivity contribution in [2.24, 2.45) is 5.41 Å². The van der Waals surface area contributed by atoms with Crippen molar-refractivity contribution in [3.63, 3.8) is 0 Å². The zero-order chi connectivity index (χ0) is 11.4. The molecule has 14 heavy (non-hydrogen) atoms. The van der Waals surface area contributed by atoms with Crippen LogP contribution in [0.25, 0.3) is 0 Å². The van der Waals surface area contributed by atoms with Crippen molar-refractivity contribution in [1.29, 1.82) is 0 Å². The molecule has 1 unspecified atom stereocenters. The van der Waals surface area contributed by atoms with Gasteiger partial charge in [-0.25, -0.2) is 0 Å². The van der Waals surface area contributed by atoms with E-state index in [2.05, 4.69) is 29.1 Å². The third kappa shape index (κ3) is 5.35. The molecule has 0 aliphatic carbocycles. The topological polar surface area (TPSA) is 37.3 Å². The Morgan fingerprint density at radius 1 is 1.64 bits per heavy atom. The fourth-order valence-electron chi connectivity index (χ4n) is 0.979. The number of ketones is 1. The molecule has 0 spiro atoms. The first kappa shape index (κ1) is 13.6. The molecule has 0 saturated carbocycles. The third-order valence-electron chi connectivity index (χ3n) is 1.99. The van der Waals surface area contributed by atoms with E-state index in [-0.39, 0.29) is 17.6 Å². The summed E-state index contributed by atoms with van der Waals surface area (Å²) in [5.41, 5.74) is -0.204. The predicted octanol–water partition coefficient (Wildman–Crippen LogP) is 2.82. The molecule has 0 aliphatic heterocycles. The zero-order valence-corrected chi connectivity index (χ0v) is 10.3. The minimum absolute atomic E-state index is 0.0167. The Balaban J connectivity index is 4.12. The molecule has 0 aliphatic rings. The van der Waals surface area contributed by atoms with Crippen LogP contribution in [0.5, 0.6) is 0 Å². The van der Waals surface area contributed by atoms with Crippen molar-refractivity contribution in [2.45, 2.75) is 32.8 Å². The molecule has 1 N–H and O–H groups in total. The van der Waals surface area contributed by atoms with Crippen molar-refractivity contribution in [3.05, 3.63) is 23.7 Å². The fraction of sp³-hybridized carbons (Fsp3) is 0.545. The molecule has 0 aromatic carbocycles. The summed E-state index contributed by atoms with van der Waals surface area (Å²) in [5, 5.41) is 9.37. The molecule has 1 atom stereocenters. The highest BCUT2D eigenvalue weighted by molar-refractivity contribution is 9.11. The van der Waals surface area contributed by atoms with Crippen LogP contribution < -0.4 is 0 Å². The summed E-state index contributed by atoms with van der Waals surface area (Å²) in [6.45, 7) is 11.1. The lowest BCUT2D eigenvalue weighted by Crippen LogP contribution is -2.19. The van der Waals surface area contributed by atoms with Gasteiger partial charge in [-0.05, 0) is 5.41 Å². The first-order valence-electron chi connectivity index (χ1n) is 4.46. The molecule has 2 nitrogen and oxygen atoms in total. The summed E-state index contributed by atoms with van der Waals surface area (Å²) in [4.78, 5) is 11.5. The van der Waals surface area contributed by atoms with Gasteiger partial charge in [-0.2, -0.15) is 0 Å². The average molecular weight is 261 g/mol. The van der Waals surface area contributed by atoms with Crippen LogP contribution in [0.4, 0.5) is 0 Å². The lowest BCUT2D eigenvalue weighted by Gasteiger charge is -2.19. The van der Waals surface area contributed by atoms with E-state index in [9.17, 15) is 9.90 Å². The van der Waals surface area contributed by atoms with Crippen LogP contribution in [0.1, 0.15) is 26.7 Å². The molecule has 0 bridgehead atoms. The number of aliphatic hydroxyl groups is 1. The maximum Gasteiger partial charge on any atom is 0.136 e. The van der Waals surface area contributed by atoms with E-state index in [4.69, 9.17) is 0 Å². The minimum atomic E-state index is -0.789. The highest BCUT2D eigenvalue weighted by Gasteiger charge is 2.20. The second-order valence-electron chi connectivity index (χ2n) is 4.07. The van der Waals surface area contributed by atoms with Crippen LogP contribution in [-0.4, -0.2) is 17.0 Å². The highest BCUT2D eigenvalue weighted by Crippen LogP contribution is 2.23. The Hall–Kier alpha value is -0.410. The number of hydrogen-bond acceptors (Lipinski definition) is 2. The number of aliphatic hydroxyl groups excluding tert-OH is 1. The predicted molar refractivity (Wildman–Crippen MR) is 62.3 cm³/mol. The van der Waals surface area contributed by atoms with Crippen LogP contribution in [-0.2, 0) is 4.79 Å². The number of halogens is 1. The Bertz CT molecular complexity index is 244. The second-order valence-corrected chi connectivity index (χ2v) is 5.09. The van der Waals surface area contributed by atoms with E-state index in [0.29, 0.717) is 10.9 Å². The monoisotopic (exact) mass is 260 g/mol. The Morgan fingerprint density at radius 3 is 2.50 bits per heavy atom. The molecule has 0 amide bonds.